The minimum atomic E-state index is -0.716. The van der Waals surface area contributed by atoms with Crippen LogP contribution in [-0.4, -0.2) is 70.3 Å². The molecule has 0 bridgehead atoms. The highest BCUT2D eigenvalue weighted by molar-refractivity contribution is 5.67. The van der Waals surface area contributed by atoms with Crippen LogP contribution in [-0.2, 0) is 14.2 Å². The summed E-state index contributed by atoms with van der Waals surface area (Å²) in [5.74, 6) is 0. The van der Waals surface area contributed by atoms with Crippen molar-refractivity contribution in [1.29, 1.82) is 0 Å². The van der Waals surface area contributed by atoms with Crippen LogP contribution in [0.3, 0.4) is 0 Å². The van der Waals surface area contributed by atoms with E-state index in [1.54, 1.807) is 0 Å². The Balaban J connectivity index is 0.00000324. The fraction of sp³-hybridized carbons (Fsp3) is 0.818. The predicted molar refractivity (Wildman–Crippen MR) is 63.1 cm³/mol. The first-order chi connectivity index (χ1) is 8.37. The van der Waals surface area contributed by atoms with Gasteiger partial charge in [-0.2, -0.15) is 0 Å². The second kappa shape index (κ2) is 8.41. The van der Waals surface area contributed by atoms with E-state index in [1.807, 2.05) is 0 Å². The van der Waals surface area contributed by atoms with E-state index in [9.17, 15) is 9.59 Å². The molecule has 1 N–H and O–H groups in total. The van der Waals surface area contributed by atoms with Crippen LogP contribution in [0.5, 0.6) is 0 Å². The number of rotatable bonds is 6. The number of quaternary nitrogens is 1. The highest BCUT2D eigenvalue weighted by Crippen LogP contribution is 2.06. The zero-order valence-electron chi connectivity index (χ0n) is 11.5. The molecule has 7 nitrogen and oxygen atoms in total. The lowest BCUT2D eigenvalue weighted by Gasteiger charge is -2.23. The normalized spacial score (nSPS) is 18.1. The number of ether oxygens (including phenoxy) is 3. The highest BCUT2D eigenvalue weighted by Gasteiger charge is 2.26. The van der Waals surface area contributed by atoms with Gasteiger partial charge in [-0.25, -0.2) is 9.59 Å². The first-order valence-corrected chi connectivity index (χ1v) is 5.91. The summed E-state index contributed by atoms with van der Waals surface area (Å²) in [6.45, 7) is 1.68. The van der Waals surface area contributed by atoms with E-state index < -0.39 is 18.4 Å². The third-order valence-corrected chi connectivity index (χ3v) is 2.33. The number of nitrogens with zero attached hydrogens (tertiary/aromatic N) is 1. The van der Waals surface area contributed by atoms with E-state index in [1.165, 1.54) is 0 Å². The quantitative estimate of drug-likeness (QED) is 0.233. The molecular formula is C11H21IN2O5. The number of halogens is 1. The summed E-state index contributed by atoms with van der Waals surface area (Å²) in [5.41, 5.74) is 0. The van der Waals surface area contributed by atoms with Gasteiger partial charge in [-0.3, -0.25) is 0 Å². The molecule has 19 heavy (non-hydrogen) atoms. The minimum absolute atomic E-state index is 0. The number of cyclic esters (lactones) is 2. The molecule has 0 spiro atoms. The monoisotopic (exact) mass is 388 g/mol. The summed E-state index contributed by atoms with van der Waals surface area (Å²) in [6, 6.07) is 0. The Kier molecular flexibility index (Phi) is 8.07. The van der Waals surface area contributed by atoms with Gasteiger partial charge in [0.2, 0.25) is 0 Å². The lowest BCUT2D eigenvalue weighted by atomic mass is 10.4. The molecule has 1 atom stereocenters. The molecule has 1 fully saturated rings. The number of carbonyl (C=O) groups is 2. The molecule has 112 valence electrons. The smallest absolute Gasteiger partial charge is 0.508 e. The summed E-state index contributed by atoms with van der Waals surface area (Å²) < 4.78 is 15.0. The Morgan fingerprint density at radius 2 is 2.16 bits per heavy atom. The zero-order chi connectivity index (χ0) is 13.6. The summed E-state index contributed by atoms with van der Waals surface area (Å²) in [6.07, 6.45) is -0.832. The van der Waals surface area contributed by atoms with Gasteiger partial charge in [0.25, 0.3) is 0 Å². The maximum atomic E-state index is 11.3. The maximum absolute atomic E-state index is 11.3. The van der Waals surface area contributed by atoms with Gasteiger partial charge in [0.1, 0.15) is 13.2 Å². The molecule has 1 rings (SSSR count). The Hall–Kier alpha value is -0.770. The predicted octanol–water partition coefficient (Wildman–Crippen LogP) is -2.65. The third kappa shape index (κ3) is 8.87. The van der Waals surface area contributed by atoms with Crippen molar-refractivity contribution in [3.63, 3.8) is 0 Å². The molecule has 0 radical (unpaired) electrons. The van der Waals surface area contributed by atoms with Gasteiger partial charge in [0, 0.05) is 13.0 Å². The standard InChI is InChI=1S/C11H20N2O5.HI/c1-13(2,3)6-4-5-12-10(14)16-7-9-8-17-11(15)18-9;/h9H,4-8H2,1-3H3;1H. The molecule has 0 saturated carbocycles. The van der Waals surface area contributed by atoms with E-state index in [4.69, 9.17) is 9.47 Å². The third-order valence-electron chi connectivity index (χ3n) is 2.33. The lowest BCUT2D eigenvalue weighted by Crippen LogP contribution is -3.00. The second-order valence-corrected chi connectivity index (χ2v) is 5.19. The van der Waals surface area contributed by atoms with Gasteiger partial charge >= 0.3 is 12.2 Å². The van der Waals surface area contributed by atoms with Crippen LogP contribution >= 0.6 is 0 Å². The van der Waals surface area contributed by atoms with Crippen molar-refractivity contribution < 1.29 is 52.3 Å². The van der Waals surface area contributed by atoms with Crippen LogP contribution in [0.1, 0.15) is 6.42 Å². The van der Waals surface area contributed by atoms with E-state index in [0.717, 1.165) is 17.4 Å². The molecular weight excluding hydrogens is 367 g/mol. The summed E-state index contributed by atoms with van der Waals surface area (Å²) >= 11 is 0. The first kappa shape index (κ1) is 18.2. The average Bonchev–Trinajstić information content (AvgIpc) is 2.66. The Bertz CT molecular complexity index is 306. The minimum Gasteiger partial charge on any atom is -1.00 e. The van der Waals surface area contributed by atoms with Crippen LogP contribution in [0.25, 0.3) is 0 Å². The number of nitrogens with one attached hydrogen (secondary N) is 1. The second-order valence-electron chi connectivity index (χ2n) is 5.19. The van der Waals surface area contributed by atoms with Gasteiger partial charge in [-0.15, -0.1) is 0 Å². The van der Waals surface area contributed by atoms with Crippen LogP contribution in [0.4, 0.5) is 9.59 Å². The molecule has 1 aliphatic heterocycles. The average molecular weight is 388 g/mol. The number of carbonyl (C=O) groups excluding carboxylic acids is 2. The van der Waals surface area contributed by atoms with Crippen molar-refractivity contribution in [3.05, 3.63) is 0 Å². The molecule has 1 unspecified atom stereocenters. The molecule has 8 heteroatoms. The van der Waals surface area contributed by atoms with E-state index in [0.29, 0.717) is 6.54 Å². The van der Waals surface area contributed by atoms with Crippen molar-refractivity contribution >= 4 is 12.2 Å². The van der Waals surface area contributed by atoms with Gasteiger partial charge in [-0.05, 0) is 0 Å². The van der Waals surface area contributed by atoms with Crippen molar-refractivity contribution in [2.75, 3.05) is 47.4 Å². The van der Waals surface area contributed by atoms with Gasteiger partial charge < -0.3 is 48.0 Å². The molecule has 1 amide bonds. The van der Waals surface area contributed by atoms with Gasteiger partial charge in [-0.1, -0.05) is 0 Å². The fourth-order valence-electron chi connectivity index (χ4n) is 1.41. The van der Waals surface area contributed by atoms with Crippen LogP contribution < -0.4 is 29.3 Å². The molecule has 0 aromatic carbocycles. The Morgan fingerprint density at radius 1 is 1.47 bits per heavy atom. The molecule has 0 aliphatic carbocycles. The summed E-state index contributed by atoms with van der Waals surface area (Å²) in [4.78, 5) is 21.9. The number of amides is 1. The Labute approximate surface area is 130 Å². The van der Waals surface area contributed by atoms with E-state index >= 15 is 0 Å². The van der Waals surface area contributed by atoms with Gasteiger partial charge in [0.15, 0.2) is 6.10 Å². The molecule has 1 heterocycles. The van der Waals surface area contributed by atoms with E-state index in [-0.39, 0.29) is 37.2 Å². The SMILES string of the molecule is C[N+](C)(C)CCCNC(=O)OCC1COC(=O)O1.[I-]. The summed E-state index contributed by atoms with van der Waals surface area (Å²) in [7, 11) is 6.27. The first-order valence-electron chi connectivity index (χ1n) is 5.91. The maximum Gasteiger partial charge on any atom is 0.508 e. The van der Waals surface area contributed by atoms with Crippen LogP contribution in [0, 0.1) is 0 Å². The van der Waals surface area contributed by atoms with Crippen molar-refractivity contribution in [1.82, 2.24) is 5.32 Å². The topological polar surface area (TPSA) is 73.9 Å². The van der Waals surface area contributed by atoms with Crippen LogP contribution in [0.15, 0.2) is 0 Å². The highest BCUT2D eigenvalue weighted by atomic mass is 127. The molecule has 0 aromatic heterocycles. The lowest BCUT2D eigenvalue weighted by molar-refractivity contribution is -0.870. The largest absolute Gasteiger partial charge is 1.00 e. The van der Waals surface area contributed by atoms with Crippen molar-refractivity contribution in [2.45, 2.75) is 12.5 Å². The number of alkyl carbamates (subject to hydrolysis) is 1. The zero-order valence-corrected chi connectivity index (χ0v) is 13.6. The number of hydrogen-bond acceptors (Lipinski definition) is 5. The van der Waals surface area contributed by atoms with E-state index in [2.05, 4.69) is 31.2 Å². The molecule has 1 aliphatic rings. The van der Waals surface area contributed by atoms with Gasteiger partial charge in [0.05, 0.1) is 27.7 Å². The summed E-state index contributed by atoms with van der Waals surface area (Å²) in [5, 5.41) is 2.64. The van der Waals surface area contributed by atoms with Crippen LogP contribution in [0.2, 0.25) is 0 Å². The molecule has 1 saturated heterocycles. The number of hydrogen-bond donors (Lipinski definition) is 1. The molecule has 0 aromatic rings. The van der Waals surface area contributed by atoms with Crippen molar-refractivity contribution in [2.24, 2.45) is 0 Å². The fourth-order valence-corrected chi connectivity index (χ4v) is 1.41. The Morgan fingerprint density at radius 3 is 2.68 bits per heavy atom. The van der Waals surface area contributed by atoms with Crippen molar-refractivity contribution in [3.8, 4) is 0 Å².